The van der Waals surface area contributed by atoms with Gasteiger partial charge < -0.3 is 4.74 Å². The normalized spacial score (nSPS) is 26.9. The second-order valence-electron chi connectivity index (χ2n) is 1.83. The second kappa shape index (κ2) is 2.78. The molecule has 1 rings (SSSR count). The monoisotopic (exact) mass is 412 g/mol. The molecule has 0 spiro atoms. The molecule has 1 aliphatic rings. The van der Waals surface area contributed by atoms with Crippen molar-refractivity contribution in [1.82, 2.24) is 0 Å². The molecule has 1 aliphatic heterocycles. The third kappa shape index (κ3) is 1.34. The van der Waals surface area contributed by atoms with Gasteiger partial charge in [-0.25, -0.2) is 9.59 Å². The van der Waals surface area contributed by atoms with E-state index in [4.69, 9.17) is 0 Å². The summed E-state index contributed by atoms with van der Waals surface area (Å²) in [6, 6.07) is 0. The molecule has 0 saturated carbocycles. The molecular formula is C4Br4O3. The van der Waals surface area contributed by atoms with Crippen LogP contribution in [0.1, 0.15) is 0 Å². The average molecular weight is 416 g/mol. The largest absolute Gasteiger partial charge is 0.390 e. The topological polar surface area (TPSA) is 43.4 Å². The van der Waals surface area contributed by atoms with Crippen LogP contribution in [-0.4, -0.2) is 18.4 Å². The molecule has 0 aliphatic carbocycles. The number of alkyl halides is 4. The highest BCUT2D eigenvalue weighted by Crippen LogP contribution is 2.53. The molecule has 0 unspecified atom stereocenters. The summed E-state index contributed by atoms with van der Waals surface area (Å²) in [7, 11) is 0. The van der Waals surface area contributed by atoms with Gasteiger partial charge in [-0.1, -0.05) is 63.7 Å². The Balaban J connectivity index is 3.15. The molecule has 1 fully saturated rings. The van der Waals surface area contributed by atoms with Crippen molar-refractivity contribution in [3.63, 3.8) is 0 Å². The lowest BCUT2D eigenvalue weighted by molar-refractivity contribution is -0.151. The predicted octanol–water partition coefficient (Wildman–Crippen LogP) is 2.04. The molecule has 3 nitrogen and oxygen atoms in total. The number of esters is 2. The second-order valence-corrected chi connectivity index (χ2v) is 8.71. The number of carbonyl (C=O) groups excluding carboxylic acids is 2. The minimum absolute atomic E-state index is 0.684. The number of hydrogen-bond acceptors (Lipinski definition) is 3. The van der Waals surface area contributed by atoms with E-state index in [1.54, 1.807) is 0 Å². The van der Waals surface area contributed by atoms with Gasteiger partial charge in [0.1, 0.15) is 0 Å². The van der Waals surface area contributed by atoms with Crippen LogP contribution in [-0.2, 0) is 14.3 Å². The first-order valence-corrected chi connectivity index (χ1v) is 5.49. The Hall–Kier alpha value is 1.06. The van der Waals surface area contributed by atoms with E-state index in [9.17, 15) is 9.59 Å². The summed E-state index contributed by atoms with van der Waals surface area (Å²) in [6.07, 6.45) is 0. The molecule has 0 amide bonds. The average Bonchev–Trinajstić information content (AvgIpc) is 1.95. The van der Waals surface area contributed by atoms with Gasteiger partial charge in [-0.15, -0.1) is 0 Å². The fraction of sp³-hybridized carbons (Fsp3) is 0.500. The lowest BCUT2D eigenvalue weighted by Gasteiger charge is -2.17. The number of rotatable bonds is 0. The van der Waals surface area contributed by atoms with Crippen LogP contribution in [0.5, 0.6) is 0 Å². The first kappa shape index (κ1) is 10.1. The van der Waals surface area contributed by atoms with Gasteiger partial charge in [0.2, 0.25) is 6.47 Å². The van der Waals surface area contributed by atoms with Crippen molar-refractivity contribution < 1.29 is 14.3 Å². The van der Waals surface area contributed by atoms with Gasteiger partial charge >= 0.3 is 11.9 Å². The Morgan fingerprint density at radius 1 is 0.909 bits per heavy atom. The van der Waals surface area contributed by atoms with Crippen molar-refractivity contribution in [2.75, 3.05) is 0 Å². The van der Waals surface area contributed by atoms with Crippen molar-refractivity contribution in [2.45, 2.75) is 6.47 Å². The van der Waals surface area contributed by atoms with Crippen LogP contribution >= 0.6 is 63.7 Å². The van der Waals surface area contributed by atoms with Gasteiger partial charge in [0.05, 0.1) is 0 Å². The highest BCUT2D eigenvalue weighted by atomic mass is 79.9. The number of carbonyl (C=O) groups is 2. The molecule has 1 saturated heterocycles. The fourth-order valence-corrected chi connectivity index (χ4v) is 1.44. The first-order chi connectivity index (χ1) is 4.80. The van der Waals surface area contributed by atoms with Gasteiger partial charge in [0, 0.05) is 0 Å². The lowest BCUT2D eigenvalue weighted by Crippen LogP contribution is -2.36. The van der Waals surface area contributed by atoms with E-state index in [2.05, 4.69) is 68.5 Å². The highest BCUT2D eigenvalue weighted by molar-refractivity contribution is 9.31. The minimum Gasteiger partial charge on any atom is -0.390 e. The maximum absolute atomic E-state index is 10.9. The molecule has 0 aromatic rings. The van der Waals surface area contributed by atoms with Crippen LogP contribution in [0.25, 0.3) is 0 Å². The maximum Gasteiger partial charge on any atom is 0.344 e. The zero-order chi connectivity index (χ0) is 8.86. The summed E-state index contributed by atoms with van der Waals surface area (Å²) in [5.74, 6) is -1.37. The molecule has 0 N–H and O–H groups in total. The molecule has 1 heterocycles. The summed E-state index contributed by atoms with van der Waals surface area (Å²) < 4.78 is 1.86. The van der Waals surface area contributed by atoms with Gasteiger partial charge in [-0.3, -0.25) is 0 Å². The smallest absolute Gasteiger partial charge is 0.344 e. The Morgan fingerprint density at radius 3 is 1.27 bits per heavy atom. The van der Waals surface area contributed by atoms with Crippen molar-refractivity contribution in [2.24, 2.45) is 0 Å². The highest BCUT2D eigenvalue weighted by Gasteiger charge is 2.64. The standard InChI is InChI=1S/C4Br4O3/c5-3(6)1(9)11-2(10)4(3,7)8. The summed E-state index contributed by atoms with van der Waals surface area (Å²) in [4.78, 5) is 21.9. The van der Waals surface area contributed by atoms with E-state index in [-0.39, 0.29) is 0 Å². The Kier molecular flexibility index (Phi) is 2.56. The number of cyclic esters (lactones) is 2. The molecule has 0 atom stereocenters. The Bertz CT molecular complexity index is 209. The minimum atomic E-state index is -1.23. The van der Waals surface area contributed by atoms with Gasteiger partial charge in [-0.2, -0.15) is 0 Å². The van der Waals surface area contributed by atoms with E-state index in [0.717, 1.165) is 0 Å². The molecule has 7 heteroatoms. The van der Waals surface area contributed by atoms with Crippen molar-refractivity contribution >= 4 is 75.7 Å². The number of ether oxygens (including phenoxy) is 1. The van der Waals surface area contributed by atoms with Crippen LogP contribution < -0.4 is 0 Å². The molecule has 11 heavy (non-hydrogen) atoms. The van der Waals surface area contributed by atoms with Crippen LogP contribution in [0.2, 0.25) is 0 Å². The van der Waals surface area contributed by atoms with Crippen molar-refractivity contribution in [3.8, 4) is 0 Å². The molecule has 0 bridgehead atoms. The van der Waals surface area contributed by atoms with Crippen LogP contribution in [0.4, 0.5) is 0 Å². The molecule has 0 radical (unpaired) electrons. The molecular weight excluding hydrogens is 416 g/mol. The quantitative estimate of drug-likeness (QED) is 0.345. The van der Waals surface area contributed by atoms with Gasteiger partial charge in [0.25, 0.3) is 0 Å². The molecule has 0 aromatic carbocycles. The van der Waals surface area contributed by atoms with Crippen LogP contribution in [0, 0.1) is 0 Å². The van der Waals surface area contributed by atoms with Crippen molar-refractivity contribution in [3.05, 3.63) is 0 Å². The predicted molar refractivity (Wildman–Crippen MR) is 52.3 cm³/mol. The third-order valence-corrected chi connectivity index (χ3v) is 6.89. The summed E-state index contributed by atoms with van der Waals surface area (Å²) >= 11 is 12.0. The van der Waals surface area contributed by atoms with Gasteiger partial charge in [0.15, 0.2) is 0 Å². The lowest BCUT2D eigenvalue weighted by atomic mass is 10.3. The number of halogens is 4. The Labute approximate surface area is 95.7 Å². The molecule has 62 valence electrons. The Morgan fingerprint density at radius 2 is 1.18 bits per heavy atom. The fourth-order valence-electron chi connectivity index (χ4n) is 0.469. The van der Waals surface area contributed by atoms with E-state index >= 15 is 0 Å². The zero-order valence-corrected chi connectivity index (χ0v) is 11.1. The van der Waals surface area contributed by atoms with Crippen LogP contribution in [0.15, 0.2) is 0 Å². The van der Waals surface area contributed by atoms with E-state index in [0.29, 0.717) is 0 Å². The van der Waals surface area contributed by atoms with Crippen molar-refractivity contribution in [1.29, 1.82) is 0 Å². The van der Waals surface area contributed by atoms with E-state index in [1.165, 1.54) is 0 Å². The SMILES string of the molecule is O=C1OC(=O)C(Br)(Br)C1(Br)Br. The third-order valence-electron chi connectivity index (χ3n) is 1.09. The maximum atomic E-state index is 10.9. The van der Waals surface area contributed by atoms with Gasteiger partial charge in [-0.05, 0) is 0 Å². The molecule has 0 aromatic heterocycles. The number of hydrogen-bond donors (Lipinski definition) is 0. The van der Waals surface area contributed by atoms with E-state index < -0.39 is 18.4 Å². The summed E-state index contributed by atoms with van der Waals surface area (Å²) in [6.45, 7) is 0. The van der Waals surface area contributed by atoms with Crippen LogP contribution in [0.3, 0.4) is 0 Å². The zero-order valence-electron chi connectivity index (χ0n) is 4.74. The summed E-state index contributed by atoms with van der Waals surface area (Å²) in [5.41, 5.74) is 0. The van der Waals surface area contributed by atoms with E-state index in [1.807, 2.05) is 0 Å². The summed E-state index contributed by atoms with van der Waals surface area (Å²) in [5, 5.41) is 0. The first-order valence-electron chi connectivity index (χ1n) is 2.32.